The molecule has 7 nitrogen and oxygen atoms in total. The summed E-state index contributed by atoms with van der Waals surface area (Å²) in [5.41, 5.74) is 1.41. The van der Waals surface area contributed by atoms with Gasteiger partial charge in [0.2, 0.25) is 0 Å². The molecule has 1 heterocycles. The summed E-state index contributed by atoms with van der Waals surface area (Å²) < 4.78 is 9.55. The second-order valence-corrected chi connectivity index (χ2v) is 4.48. The smallest absolute Gasteiger partial charge is 0.355 e. The molecule has 0 aliphatic carbocycles. The quantitative estimate of drug-likeness (QED) is 0.820. The second-order valence-electron chi connectivity index (χ2n) is 4.48. The van der Waals surface area contributed by atoms with Crippen LogP contribution in [0.3, 0.4) is 0 Å². The van der Waals surface area contributed by atoms with E-state index in [9.17, 15) is 14.4 Å². The SMILES string of the molecule is COC(=O)c1c(C)[nH]c(C(=O)OCC(=O)N(C)C)c1C. The first-order valence-electron chi connectivity index (χ1n) is 5.94. The molecule has 1 amide bonds. The maximum absolute atomic E-state index is 11.9. The number of esters is 2. The molecular formula is C13H18N2O5. The predicted octanol–water partition coefficient (Wildman–Crippen LogP) is 0.663. The van der Waals surface area contributed by atoms with Gasteiger partial charge in [0.1, 0.15) is 5.69 Å². The molecule has 1 aromatic heterocycles. The normalized spacial score (nSPS) is 10.1. The van der Waals surface area contributed by atoms with E-state index in [-0.39, 0.29) is 18.2 Å². The fourth-order valence-electron chi connectivity index (χ4n) is 1.69. The van der Waals surface area contributed by atoms with Gasteiger partial charge in [-0.3, -0.25) is 4.79 Å². The summed E-state index contributed by atoms with van der Waals surface area (Å²) in [6.45, 7) is 2.91. The number of hydrogen-bond donors (Lipinski definition) is 1. The minimum Gasteiger partial charge on any atom is -0.465 e. The molecule has 7 heteroatoms. The van der Waals surface area contributed by atoms with Crippen molar-refractivity contribution in [2.45, 2.75) is 13.8 Å². The van der Waals surface area contributed by atoms with Gasteiger partial charge >= 0.3 is 11.9 Å². The van der Waals surface area contributed by atoms with E-state index in [4.69, 9.17) is 4.74 Å². The average molecular weight is 282 g/mol. The largest absolute Gasteiger partial charge is 0.465 e. The molecule has 0 fully saturated rings. The number of aromatic nitrogens is 1. The maximum atomic E-state index is 11.9. The number of nitrogens with zero attached hydrogens (tertiary/aromatic N) is 1. The van der Waals surface area contributed by atoms with Crippen molar-refractivity contribution in [2.24, 2.45) is 0 Å². The van der Waals surface area contributed by atoms with Gasteiger partial charge in [-0.05, 0) is 19.4 Å². The van der Waals surface area contributed by atoms with Crippen LogP contribution in [-0.2, 0) is 14.3 Å². The third kappa shape index (κ3) is 3.17. The van der Waals surface area contributed by atoms with Crippen molar-refractivity contribution in [3.63, 3.8) is 0 Å². The number of H-pyrrole nitrogens is 1. The Balaban J connectivity index is 2.90. The van der Waals surface area contributed by atoms with Gasteiger partial charge in [0, 0.05) is 19.8 Å². The highest BCUT2D eigenvalue weighted by Gasteiger charge is 2.23. The number of rotatable bonds is 4. The van der Waals surface area contributed by atoms with Crippen LogP contribution in [0.1, 0.15) is 32.1 Å². The van der Waals surface area contributed by atoms with Gasteiger partial charge in [-0.1, -0.05) is 0 Å². The van der Waals surface area contributed by atoms with Gasteiger partial charge in [0.25, 0.3) is 5.91 Å². The standard InChI is InChI=1S/C13H18N2O5/c1-7-10(12(17)19-5)8(2)14-11(7)13(18)20-6-9(16)15(3)4/h14H,6H2,1-5H3. The van der Waals surface area contributed by atoms with Gasteiger partial charge in [0.15, 0.2) is 6.61 Å². The van der Waals surface area contributed by atoms with Gasteiger partial charge in [-0.2, -0.15) is 0 Å². The van der Waals surface area contributed by atoms with Crippen molar-refractivity contribution < 1.29 is 23.9 Å². The molecule has 0 aromatic carbocycles. The molecule has 0 saturated carbocycles. The number of amides is 1. The number of hydrogen-bond acceptors (Lipinski definition) is 5. The van der Waals surface area contributed by atoms with Gasteiger partial charge in [-0.25, -0.2) is 9.59 Å². The Hall–Kier alpha value is -2.31. The number of aryl methyl sites for hydroxylation is 1. The van der Waals surface area contributed by atoms with Crippen molar-refractivity contribution in [1.29, 1.82) is 0 Å². The Morgan fingerprint density at radius 1 is 1.15 bits per heavy atom. The van der Waals surface area contributed by atoms with E-state index in [2.05, 4.69) is 9.72 Å². The van der Waals surface area contributed by atoms with Crippen LogP contribution >= 0.6 is 0 Å². The Morgan fingerprint density at radius 2 is 1.75 bits per heavy atom. The lowest BCUT2D eigenvalue weighted by Gasteiger charge is -2.10. The number of carbonyl (C=O) groups excluding carboxylic acids is 3. The highest BCUT2D eigenvalue weighted by atomic mass is 16.5. The molecule has 0 radical (unpaired) electrons. The average Bonchev–Trinajstić information content (AvgIpc) is 2.70. The first-order chi connectivity index (χ1) is 9.29. The number of nitrogens with one attached hydrogen (secondary N) is 1. The van der Waals surface area contributed by atoms with Crippen molar-refractivity contribution in [1.82, 2.24) is 9.88 Å². The molecule has 0 aliphatic rings. The molecule has 20 heavy (non-hydrogen) atoms. The summed E-state index contributed by atoms with van der Waals surface area (Å²) >= 11 is 0. The summed E-state index contributed by atoms with van der Waals surface area (Å²) in [4.78, 5) is 38.9. The maximum Gasteiger partial charge on any atom is 0.355 e. The molecular weight excluding hydrogens is 264 g/mol. The molecule has 110 valence electrons. The first kappa shape index (κ1) is 15.7. The lowest BCUT2D eigenvalue weighted by atomic mass is 10.1. The van der Waals surface area contributed by atoms with Crippen LogP contribution < -0.4 is 0 Å². The number of carbonyl (C=O) groups is 3. The van der Waals surface area contributed by atoms with Crippen molar-refractivity contribution in [2.75, 3.05) is 27.8 Å². The fraction of sp³-hybridized carbons (Fsp3) is 0.462. The zero-order chi connectivity index (χ0) is 15.4. The Bertz CT molecular complexity index is 545. The highest BCUT2D eigenvalue weighted by molar-refractivity contribution is 5.98. The van der Waals surface area contributed by atoms with Crippen molar-refractivity contribution in [3.8, 4) is 0 Å². The van der Waals surface area contributed by atoms with Crippen molar-refractivity contribution in [3.05, 3.63) is 22.5 Å². The Morgan fingerprint density at radius 3 is 2.25 bits per heavy atom. The van der Waals surface area contributed by atoms with Crippen LogP contribution in [0, 0.1) is 13.8 Å². The van der Waals surface area contributed by atoms with Crippen LogP contribution in [-0.4, -0.2) is 55.5 Å². The monoisotopic (exact) mass is 282 g/mol. The zero-order valence-electron chi connectivity index (χ0n) is 12.2. The molecule has 1 aromatic rings. The topological polar surface area (TPSA) is 88.7 Å². The summed E-state index contributed by atoms with van der Waals surface area (Å²) in [5.74, 6) is -1.54. The number of ether oxygens (including phenoxy) is 2. The van der Waals surface area contributed by atoms with Crippen LogP contribution in [0.5, 0.6) is 0 Å². The lowest BCUT2D eigenvalue weighted by molar-refractivity contribution is -0.131. The Labute approximate surface area is 116 Å². The zero-order valence-corrected chi connectivity index (χ0v) is 12.2. The van der Waals surface area contributed by atoms with E-state index in [0.29, 0.717) is 16.8 Å². The van der Waals surface area contributed by atoms with Gasteiger partial charge in [-0.15, -0.1) is 0 Å². The van der Waals surface area contributed by atoms with E-state index < -0.39 is 11.9 Å². The summed E-state index contributed by atoms with van der Waals surface area (Å²) in [6, 6.07) is 0. The van der Waals surface area contributed by atoms with Gasteiger partial charge in [0.05, 0.1) is 12.7 Å². The van der Waals surface area contributed by atoms with Crippen LogP contribution in [0.4, 0.5) is 0 Å². The molecule has 1 rings (SSSR count). The molecule has 0 saturated heterocycles. The lowest BCUT2D eigenvalue weighted by Crippen LogP contribution is -2.27. The molecule has 0 aliphatic heterocycles. The number of aromatic amines is 1. The highest BCUT2D eigenvalue weighted by Crippen LogP contribution is 2.19. The molecule has 0 spiro atoms. The molecule has 0 atom stereocenters. The van der Waals surface area contributed by atoms with Crippen LogP contribution in [0.25, 0.3) is 0 Å². The third-order valence-corrected chi connectivity index (χ3v) is 2.86. The Kier molecular flexibility index (Phi) is 4.90. The van der Waals surface area contributed by atoms with Crippen LogP contribution in [0.2, 0.25) is 0 Å². The summed E-state index contributed by atoms with van der Waals surface area (Å²) in [5, 5.41) is 0. The van der Waals surface area contributed by atoms with E-state index in [1.54, 1.807) is 27.9 Å². The predicted molar refractivity (Wildman–Crippen MR) is 70.6 cm³/mol. The number of methoxy groups -OCH3 is 1. The number of likely N-dealkylation sites (N-methyl/N-ethyl adjacent to an activating group) is 1. The van der Waals surface area contributed by atoms with Crippen molar-refractivity contribution >= 4 is 17.8 Å². The summed E-state index contributed by atoms with van der Waals surface area (Å²) in [6.07, 6.45) is 0. The molecule has 1 N–H and O–H groups in total. The van der Waals surface area contributed by atoms with E-state index in [1.165, 1.54) is 12.0 Å². The van der Waals surface area contributed by atoms with E-state index in [1.807, 2.05) is 0 Å². The molecule has 0 bridgehead atoms. The minimum absolute atomic E-state index is 0.148. The third-order valence-electron chi connectivity index (χ3n) is 2.86. The molecule has 0 unspecified atom stereocenters. The van der Waals surface area contributed by atoms with E-state index >= 15 is 0 Å². The second kappa shape index (κ2) is 6.23. The first-order valence-corrected chi connectivity index (χ1v) is 5.94. The van der Waals surface area contributed by atoms with E-state index in [0.717, 1.165) is 0 Å². The minimum atomic E-state index is -0.684. The van der Waals surface area contributed by atoms with Crippen LogP contribution in [0.15, 0.2) is 0 Å². The summed E-state index contributed by atoms with van der Waals surface area (Å²) in [7, 11) is 4.40. The van der Waals surface area contributed by atoms with Gasteiger partial charge < -0.3 is 19.4 Å². The fourth-order valence-corrected chi connectivity index (χ4v) is 1.69.